The molecule has 136 valence electrons. The number of nitrogens with zero attached hydrogens (tertiary/aromatic N) is 1. The Morgan fingerprint density at radius 3 is 2.36 bits per heavy atom. The van der Waals surface area contributed by atoms with E-state index in [-0.39, 0.29) is 23.2 Å². The van der Waals surface area contributed by atoms with Crippen molar-refractivity contribution in [2.45, 2.75) is 26.2 Å². The molecule has 1 unspecified atom stereocenters. The van der Waals surface area contributed by atoms with Crippen LogP contribution >= 0.6 is 0 Å². The van der Waals surface area contributed by atoms with Gasteiger partial charge in [0.05, 0.1) is 7.11 Å². The summed E-state index contributed by atoms with van der Waals surface area (Å²) in [5.41, 5.74) is 3.05. The van der Waals surface area contributed by atoms with Crippen molar-refractivity contribution in [2.75, 3.05) is 27.2 Å². The smallest absolute Gasteiger partial charge is 0.160 e. The molecule has 5 heteroatoms. The zero-order chi connectivity index (χ0) is 18.6. The van der Waals surface area contributed by atoms with E-state index in [0.29, 0.717) is 5.75 Å². The molecule has 1 heterocycles. The number of rotatable bonds is 2. The van der Waals surface area contributed by atoms with Gasteiger partial charge < -0.3 is 25.0 Å². The minimum atomic E-state index is -0.131. The highest BCUT2D eigenvalue weighted by Crippen LogP contribution is 2.39. The van der Waals surface area contributed by atoms with Gasteiger partial charge in [-0.15, -0.1) is 0 Å². The molecule has 25 heavy (non-hydrogen) atoms. The van der Waals surface area contributed by atoms with Gasteiger partial charge in [0.25, 0.3) is 0 Å². The van der Waals surface area contributed by atoms with Crippen LogP contribution in [0.4, 0.5) is 0 Å². The molecule has 1 aliphatic heterocycles. The van der Waals surface area contributed by atoms with Crippen molar-refractivity contribution in [1.29, 1.82) is 0 Å². The topological polar surface area (TPSA) is 73.2 Å². The highest BCUT2D eigenvalue weighted by Gasteiger charge is 2.25. The zero-order valence-corrected chi connectivity index (χ0v) is 15.3. The van der Waals surface area contributed by atoms with Gasteiger partial charge in [-0.2, -0.15) is 0 Å². The van der Waals surface area contributed by atoms with Crippen molar-refractivity contribution in [1.82, 2.24) is 4.90 Å². The Labute approximate surface area is 149 Å². The van der Waals surface area contributed by atoms with E-state index >= 15 is 0 Å². The summed E-state index contributed by atoms with van der Waals surface area (Å²) in [5, 5.41) is 29.5. The van der Waals surface area contributed by atoms with Crippen LogP contribution in [-0.4, -0.2) is 47.5 Å². The van der Waals surface area contributed by atoms with Crippen LogP contribution in [0.5, 0.6) is 23.0 Å². The highest BCUT2D eigenvalue weighted by atomic mass is 16.5. The Balaban J connectivity index is 0.00000109. The minimum absolute atomic E-state index is 0.000746. The van der Waals surface area contributed by atoms with E-state index in [2.05, 4.69) is 11.9 Å². The van der Waals surface area contributed by atoms with Gasteiger partial charge in [0.1, 0.15) is 0 Å². The molecule has 0 fully saturated rings. The molecule has 0 amide bonds. The molecule has 1 atom stereocenters. The molecule has 0 spiro atoms. The van der Waals surface area contributed by atoms with Crippen molar-refractivity contribution < 1.29 is 20.1 Å². The largest absolute Gasteiger partial charge is 0.504 e. The van der Waals surface area contributed by atoms with Crippen molar-refractivity contribution in [3.63, 3.8) is 0 Å². The fraction of sp³-hybridized carbons (Fsp3) is 0.400. The van der Waals surface area contributed by atoms with Gasteiger partial charge >= 0.3 is 0 Å². The van der Waals surface area contributed by atoms with E-state index < -0.39 is 0 Å². The normalized spacial score (nSPS) is 17.0. The standard InChI is InChI=1S/C18H21NO4.C2H6/c1-19-6-5-12-8-18(23-2)17(22)9-13(12)14(10-19)11-3-4-15(20)16(21)7-11;1-2/h3-4,7-9,14,20-22H,5-6,10H2,1-2H3;1-2H3. The van der Waals surface area contributed by atoms with Gasteiger partial charge in [-0.05, 0) is 54.4 Å². The first-order chi connectivity index (χ1) is 12.0. The first kappa shape index (κ1) is 18.9. The van der Waals surface area contributed by atoms with Crippen molar-refractivity contribution in [3.8, 4) is 23.0 Å². The van der Waals surface area contributed by atoms with E-state index in [1.165, 1.54) is 6.07 Å². The summed E-state index contributed by atoms with van der Waals surface area (Å²) >= 11 is 0. The fourth-order valence-corrected chi connectivity index (χ4v) is 3.19. The summed E-state index contributed by atoms with van der Waals surface area (Å²) in [6.07, 6.45) is 0.864. The number of phenolic OH excluding ortho intramolecular Hbond substituents is 3. The van der Waals surface area contributed by atoms with Gasteiger partial charge in [-0.1, -0.05) is 19.9 Å². The van der Waals surface area contributed by atoms with Gasteiger partial charge in [0, 0.05) is 19.0 Å². The van der Waals surface area contributed by atoms with Crippen LogP contribution in [0.15, 0.2) is 30.3 Å². The Kier molecular flexibility index (Phi) is 6.15. The van der Waals surface area contributed by atoms with Crippen LogP contribution in [0.1, 0.15) is 36.5 Å². The van der Waals surface area contributed by atoms with Crippen LogP contribution < -0.4 is 4.74 Å². The van der Waals surface area contributed by atoms with Crippen LogP contribution in [-0.2, 0) is 6.42 Å². The lowest BCUT2D eigenvalue weighted by atomic mass is 9.87. The highest BCUT2D eigenvalue weighted by molar-refractivity contribution is 5.52. The van der Waals surface area contributed by atoms with E-state index in [1.54, 1.807) is 19.2 Å². The molecule has 2 aromatic carbocycles. The van der Waals surface area contributed by atoms with Crippen LogP contribution in [0.2, 0.25) is 0 Å². The zero-order valence-electron chi connectivity index (χ0n) is 15.3. The lowest BCUT2D eigenvalue weighted by Crippen LogP contribution is -2.24. The Hall–Kier alpha value is -2.40. The molecule has 2 aromatic rings. The number of ether oxygens (including phenoxy) is 1. The van der Waals surface area contributed by atoms with E-state index in [1.807, 2.05) is 26.0 Å². The number of fused-ring (bicyclic) bond motifs is 1. The number of benzene rings is 2. The number of likely N-dealkylation sites (N-methyl/N-ethyl adjacent to an activating group) is 1. The average Bonchev–Trinajstić information content (AvgIpc) is 2.77. The van der Waals surface area contributed by atoms with Gasteiger partial charge in [0.15, 0.2) is 23.0 Å². The average molecular weight is 345 g/mol. The monoisotopic (exact) mass is 345 g/mol. The molecule has 0 aliphatic carbocycles. The number of hydrogen-bond acceptors (Lipinski definition) is 5. The number of hydrogen-bond donors (Lipinski definition) is 3. The van der Waals surface area contributed by atoms with Crippen molar-refractivity contribution in [2.24, 2.45) is 0 Å². The molecule has 0 saturated carbocycles. The molecule has 1 aliphatic rings. The maximum atomic E-state index is 10.2. The molecule has 0 aromatic heterocycles. The predicted octanol–water partition coefficient (Wildman–Crippen LogP) is 3.46. The SMILES string of the molecule is CC.COc1cc2c(cc1O)C(c1ccc(O)c(O)c1)CN(C)CC2. The lowest BCUT2D eigenvalue weighted by Gasteiger charge is -2.22. The second kappa shape index (κ2) is 8.12. The molecular weight excluding hydrogens is 318 g/mol. The second-order valence-corrected chi connectivity index (χ2v) is 6.04. The fourth-order valence-electron chi connectivity index (χ4n) is 3.19. The summed E-state index contributed by atoms with van der Waals surface area (Å²) in [6, 6.07) is 8.53. The Morgan fingerprint density at radius 1 is 1.00 bits per heavy atom. The summed E-state index contributed by atoms with van der Waals surface area (Å²) in [7, 11) is 3.59. The van der Waals surface area contributed by atoms with Crippen LogP contribution in [0, 0.1) is 0 Å². The summed E-state index contributed by atoms with van der Waals surface area (Å²) in [6.45, 7) is 5.67. The summed E-state index contributed by atoms with van der Waals surface area (Å²) in [4.78, 5) is 2.22. The quantitative estimate of drug-likeness (QED) is 0.727. The van der Waals surface area contributed by atoms with Crippen LogP contribution in [0.3, 0.4) is 0 Å². The van der Waals surface area contributed by atoms with Gasteiger partial charge in [0.2, 0.25) is 0 Å². The third-order valence-electron chi connectivity index (χ3n) is 4.48. The maximum Gasteiger partial charge on any atom is 0.160 e. The third kappa shape index (κ3) is 3.99. The Bertz CT molecular complexity index is 730. The molecule has 0 radical (unpaired) electrons. The molecule has 5 nitrogen and oxygen atoms in total. The number of phenols is 3. The molecule has 3 rings (SSSR count). The number of methoxy groups -OCH3 is 1. The Morgan fingerprint density at radius 2 is 1.72 bits per heavy atom. The van der Waals surface area contributed by atoms with Gasteiger partial charge in [-0.3, -0.25) is 0 Å². The van der Waals surface area contributed by atoms with Crippen molar-refractivity contribution >= 4 is 0 Å². The van der Waals surface area contributed by atoms with Gasteiger partial charge in [-0.25, -0.2) is 0 Å². The first-order valence-electron chi connectivity index (χ1n) is 8.59. The molecule has 0 bridgehead atoms. The number of aromatic hydroxyl groups is 3. The maximum absolute atomic E-state index is 10.2. The second-order valence-electron chi connectivity index (χ2n) is 6.04. The molecular formula is C20H27NO4. The van der Waals surface area contributed by atoms with Crippen LogP contribution in [0.25, 0.3) is 0 Å². The molecule has 3 N–H and O–H groups in total. The van der Waals surface area contributed by atoms with Crippen molar-refractivity contribution in [3.05, 3.63) is 47.0 Å². The minimum Gasteiger partial charge on any atom is -0.504 e. The summed E-state index contributed by atoms with van der Waals surface area (Å²) in [5.74, 6) is 0.326. The van der Waals surface area contributed by atoms with E-state index in [4.69, 9.17) is 4.74 Å². The lowest BCUT2D eigenvalue weighted by molar-refractivity contribution is 0.337. The third-order valence-corrected chi connectivity index (χ3v) is 4.48. The predicted molar refractivity (Wildman–Crippen MR) is 98.8 cm³/mol. The first-order valence-corrected chi connectivity index (χ1v) is 8.59. The van der Waals surface area contributed by atoms with E-state index in [0.717, 1.165) is 36.2 Å². The molecule has 0 saturated heterocycles. The van der Waals surface area contributed by atoms with E-state index in [9.17, 15) is 15.3 Å². The summed E-state index contributed by atoms with van der Waals surface area (Å²) < 4.78 is 5.22.